The van der Waals surface area contributed by atoms with E-state index in [1.54, 1.807) is 13.8 Å². The van der Waals surface area contributed by atoms with Crippen LogP contribution in [-0.4, -0.2) is 109 Å². The van der Waals surface area contributed by atoms with Gasteiger partial charge in [0.1, 0.15) is 12.2 Å². The number of carbonyl (C=O) groups is 4. The first-order valence-electron chi connectivity index (χ1n) is 13.7. The summed E-state index contributed by atoms with van der Waals surface area (Å²) in [6, 6.07) is 0. The zero-order chi connectivity index (χ0) is 34.0. The van der Waals surface area contributed by atoms with Crippen LogP contribution in [0.5, 0.6) is 0 Å². The Labute approximate surface area is 291 Å². The molecule has 0 aromatic carbocycles. The standard InChI is InChI=1S/2C8H10O4.2C6H10O3.I3/c2*1-2-12-8(10)7(9)6-3-4-11-5-6;2*7-3-6(8)5-1-2-9-4-5;1-3-2/h2*5H,2-4H2,1H3;2*4,6-8H,1-3H2;/q;;;;-1/t;;6-;;/m..0../s1. The number of ether oxygens (including phenoxy) is 6. The van der Waals surface area contributed by atoms with Crippen molar-refractivity contribution < 1.29 is 81.3 Å². The Morgan fingerprint density at radius 2 is 1.00 bits per heavy atom. The Kier molecular flexibility index (Phi) is 26.6. The van der Waals surface area contributed by atoms with Crippen LogP contribution in [0.4, 0.5) is 0 Å². The van der Waals surface area contributed by atoms with E-state index in [4.69, 9.17) is 39.4 Å². The minimum atomic E-state index is -0.797. The van der Waals surface area contributed by atoms with E-state index in [2.05, 4.69) is 46.7 Å². The maximum absolute atomic E-state index is 11.1. The minimum absolute atomic E-state index is 0.213. The number of hydrogen-bond acceptors (Lipinski definition) is 14. The van der Waals surface area contributed by atoms with Crippen molar-refractivity contribution in [3.8, 4) is 0 Å². The molecule has 14 nitrogen and oxygen atoms in total. The van der Waals surface area contributed by atoms with Gasteiger partial charge >= 0.3 is 62.4 Å². The van der Waals surface area contributed by atoms with Gasteiger partial charge in [0.05, 0.1) is 77.9 Å². The summed E-state index contributed by atoms with van der Waals surface area (Å²) in [6.45, 7) is 5.54. The number of rotatable bonds is 10. The molecule has 2 atom stereocenters. The van der Waals surface area contributed by atoms with Crippen LogP contribution in [0.25, 0.3) is 0 Å². The molecule has 0 spiro atoms. The maximum atomic E-state index is 11.1. The van der Waals surface area contributed by atoms with E-state index in [-0.39, 0.29) is 26.4 Å². The molecule has 0 aromatic rings. The Hall–Kier alpha value is -1.53. The monoisotopic (exact) mass is 981 g/mol. The zero-order valence-corrected chi connectivity index (χ0v) is 31.4. The molecule has 45 heavy (non-hydrogen) atoms. The molecule has 0 saturated carbocycles. The van der Waals surface area contributed by atoms with Gasteiger partial charge in [-0.3, -0.25) is 9.59 Å². The molecular formula is C28H40I3O14-. The van der Waals surface area contributed by atoms with Crippen LogP contribution in [0, 0.1) is 0 Å². The predicted molar refractivity (Wildman–Crippen MR) is 172 cm³/mol. The van der Waals surface area contributed by atoms with E-state index in [9.17, 15) is 19.2 Å². The van der Waals surface area contributed by atoms with Crippen molar-refractivity contribution in [2.45, 2.75) is 51.7 Å². The van der Waals surface area contributed by atoms with E-state index in [0.29, 0.717) is 63.7 Å². The predicted octanol–water partition coefficient (Wildman–Crippen LogP) is -1.09. The molecule has 4 aliphatic heterocycles. The van der Waals surface area contributed by atoms with Gasteiger partial charge in [-0.05, 0) is 25.0 Å². The van der Waals surface area contributed by atoms with Gasteiger partial charge in [0, 0.05) is 36.8 Å². The van der Waals surface area contributed by atoms with Gasteiger partial charge in [-0.15, -0.1) is 0 Å². The summed E-state index contributed by atoms with van der Waals surface area (Å²) >= 11 is 5.30. The Morgan fingerprint density at radius 1 is 0.689 bits per heavy atom. The number of carbonyl (C=O) groups excluding carboxylic acids is 4. The van der Waals surface area contributed by atoms with Crippen molar-refractivity contribution >= 4 is 60.7 Å². The van der Waals surface area contributed by atoms with Gasteiger partial charge in [0.25, 0.3) is 11.6 Å². The summed E-state index contributed by atoms with van der Waals surface area (Å²) < 4.78 is 28.4. The van der Waals surface area contributed by atoms with Crippen LogP contribution in [-0.2, 0) is 47.6 Å². The van der Waals surface area contributed by atoms with Gasteiger partial charge in [0.15, 0.2) is 0 Å². The molecule has 1 unspecified atom stereocenters. The quantitative estimate of drug-likeness (QED) is 0.117. The fourth-order valence-electron chi connectivity index (χ4n) is 3.29. The number of Topliss-reactive ketones (excluding diaryl/α,β-unsaturated/α-hetero) is 2. The fourth-order valence-corrected chi connectivity index (χ4v) is 3.29. The topological polar surface area (TPSA) is 205 Å². The van der Waals surface area contributed by atoms with Crippen LogP contribution < -0.4 is 13.3 Å². The summed E-state index contributed by atoms with van der Waals surface area (Å²) in [5.41, 5.74) is 2.37. The third kappa shape index (κ3) is 19.0. The maximum Gasteiger partial charge on any atom is 0.101 e. The number of hydrogen-bond donors (Lipinski definition) is 4. The third-order valence-corrected chi connectivity index (χ3v) is 5.62. The van der Waals surface area contributed by atoms with Crippen molar-refractivity contribution in [1.29, 1.82) is 0 Å². The average molecular weight is 981 g/mol. The first-order valence-corrected chi connectivity index (χ1v) is 26.3. The molecule has 4 heterocycles. The van der Waals surface area contributed by atoms with Gasteiger partial charge in [-0.2, -0.15) is 0 Å². The molecule has 17 heteroatoms. The van der Waals surface area contributed by atoms with E-state index >= 15 is 0 Å². The van der Waals surface area contributed by atoms with Crippen molar-refractivity contribution in [3.05, 3.63) is 47.3 Å². The Morgan fingerprint density at radius 3 is 1.22 bits per heavy atom. The van der Waals surface area contributed by atoms with E-state index < -0.39 is 35.7 Å². The molecule has 0 aliphatic carbocycles. The normalized spacial score (nSPS) is 16.8. The SMILES string of the molecule is CCOC(=O)C(=O)C1=COCC1.CCOC(=O)C(=O)C1=COCC1.I[I-]I.OCC(O)C1=COCC1.OC[C@H](O)C1=COCC1. The number of ketones is 2. The zero-order valence-electron chi connectivity index (χ0n) is 25.0. The molecule has 0 fully saturated rings. The largest absolute Gasteiger partial charge is 0.501 e. The molecule has 258 valence electrons. The molecule has 4 rings (SSSR count). The van der Waals surface area contributed by atoms with Crippen molar-refractivity contribution in [2.75, 3.05) is 52.9 Å². The average Bonchev–Trinajstić information content (AvgIpc) is 3.88. The fraction of sp³-hybridized carbons (Fsp3) is 0.571. The van der Waals surface area contributed by atoms with Gasteiger partial charge in [-0.1, -0.05) is 0 Å². The van der Waals surface area contributed by atoms with Crippen molar-refractivity contribution in [3.63, 3.8) is 0 Å². The van der Waals surface area contributed by atoms with Crippen LogP contribution in [0.3, 0.4) is 0 Å². The van der Waals surface area contributed by atoms with Crippen molar-refractivity contribution in [1.82, 2.24) is 0 Å². The Bertz CT molecular complexity index is 962. The number of esters is 2. The van der Waals surface area contributed by atoms with Gasteiger partial charge < -0.3 is 48.8 Å². The van der Waals surface area contributed by atoms with Crippen LogP contribution in [0.1, 0.15) is 39.5 Å². The van der Waals surface area contributed by atoms with Gasteiger partial charge in [-0.25, -0.2) is 9.59 Å². The van der Waals surface area contributed by atoms with Crippen LogP contribution >= 0.6 is 37.2 Å². The third-order valence-electron chi connectivity index (χ3n) is 5.62. The molecule has 4 N–H and O–H groups in total. The summed E-state index contributed by atoms with van der Waals surface area (Å²) in [4.78, 5) is 43.9. The van der Waals surface area contributed by atoms with Crippen LogP contribution in [0.15, 0.2) is 47.3 Å². The van der Waals surface area contributed by atoms with Crippen molar-refractivity contribution in [2.24, 2.45) is 0 Å². The number of aliphatic hydroxyl groups excluding tert-OH is 4. The molecule has 0 saturated heterocycles. The summed E-state index contributed by atoms with van der Waals surface area (Å²) in [7, 11) is 0. The molecule has 0 amide bonds. The van der Waals surface area contributed by atoms with E-state index in [1.165, 1.54) is 25.0 Å². The summed E-state index contributed by atoms with van der Waals surface area (Å²) in [6.07, 6.45) is 6.71. The van der Waals surface area contributed by atoms with E-state index in [0.717, 1.165) is 24.0 Å². The molecule has 4 aliphatic rings. The second-order valence-corrected chi connectivity index (χ2v) is 25.0. The second kappa shape index (κ2) is 27.6. The molecular weight excluding hydrogens is 941 g/mol. The summed E-state index contributed by atoms with van der Waals surface area (Å²) in [5.74, 6) is -2.77. The first-order chi connectivity index (χ1) is 21.6. The first kappa shape index (κ1) is 43.5. The molecule has 0 aromatic heterocycles. The molecule has 0 bridgehead atoms. The second-order valence-electron chi connectivity index (χ2n) is 8.70. The Balaban J connectivity index is 0.000000561. The number of aliphatic hydroxyl groups is 4. The van der Waals surface area contributed by atoms with E-state index in [1.807, 2.05) is 0 Å². The van der Waals surface area contributed by atoms with Crippen LogP contribution in [0.2, 0.25) is 0 Å². The van der Waals surface area contributed by atoms with Gasteiger partial charge in [0.2, 0.25) is 0 Å². The smallest absolute Gasteiger partial charge is 0.101 e. The number of halogens is 3. The molecule has 0 radical (unpaired) electrons. The minimum Gasteiger partial charge on any atom is -0.501 e. The summed E-state index contributed by atoms with van der Waals surface area (Å²) in [5, 5.41) is 34.8.